The number of amides is 1. The van der Waals surface area contributed by atoms with E-state index in [0.29, 0.717) is 6.07 Å². The third-order valence-corrected chi connectivity index (χ3v) is 2.28. The number of hydrogen-bond donors (Lipinski definition) is 1. The number of carbonyl (C=O) groups is 1. The van der Waals surface area contributed by atoms with Crippen molar-refractivity contribution in [3.63, 3.8) is 0 Å². The van der Waals surface area contributed by atoms with Gasteiger partial charge < -0.3 is 5.32 Å². The Kier molecular flexibility index (Phi) is 3.48. The molecule has 0 unspecified atom stereocenters. The highest BCUT2D eigenvalue weighted by Crippen LogP contribution is 2.15. The number of anilines is 1. The van der Waals surface area contributed by atoms with Gasteiger partial charge in [0.2, 0.25) is 0 Å². The van der Waals surface area contributed by atoms with Crippen molar-refractivity contribution in [1.29, 1.82) is 5.26 Å². The summed E-state index contributed by atoms with van der Waals surface area (Å²) in [6.07, 6.45) is 0. The van der Waals surface area contributed by atoms with Crippen LogP contribution in [0.3, 0.4) is 0 Å². The van der Waals surface area contributed by atoms with Gasteiger partial charge in [-0.25, -0.2) is 13.8 Å². The second-order valence-electron chi connectivity index (χ2n) is 3.60. The fourth-order valence-electron chi connectivity index (χ4n) is 1.40. The highest BCUT2D eigenvalue weighted by atomic mass is 19.1. The molecule has 0 atom stereocenters. The molecule has 0 aliphatic rings. The molecule has 1 heterocycles. The van der Waals surface area contributed by atoms with Gasteiger partial charge in [-0.2, -0.15) is 5.26 Å². The number of hydrogen-bond acceptors (Lipinski definition) is 3. The number of nitrogens with one attached hydrogen (secondary N) is 1. The molecular formula is C13H7F2N3O. The lowest BCUT2D eigenvalue weighted by atomic mass is 10.2. The van der Waals surface area contributed by atoms with Crippen LogP contribution >= 0.6 is 0 Å². The van der Waals surface area contributed by atoms with Crippen LogP contribution in [-0.4, -0.2) is 10.9 Å². The maximum absolute atomic E-state index is 13.3. The molecule has 6 heteroatoms. The van der Waals surface area contributed by atoms with E-state index in [1.165, 1.54) is 18.2 Å². The van der Waals surface area contributed by atoms with Crippen molar-refractivity contribution in [2.45, 2.75) is 0 Å². The van der Waals surface area contributed by atoms with E-state index in [1.54, 1.807) is 6.07 Å². The normalized spacial score (nSPS) is 9.74. The lowest BCUT2D eigenvalue weighted by Gasteiger charge is -2.05. The van der Waals surface area contributed by atoms with E-state index < -0.39 is 17.5 Å². The standard InChI is InChI=1S/C13H7F2N3O/c14-8-4-5-11(10(15)6-8)18-13(19)12-3-1-2-9(7-16)17-12/h1-6H,(H,18,19). The molecular weight excluding hydrogens is 252 g/mol. The molecule has 1 N–H and O–H groups in total. The number of benzene rings is 1. The molecule has 1 aromatic heterocycles. The van der Waals surface area contributed by atoms with E-state index in [4.69, 9.17) is 5.26 Å². The van der Waals surface area contributed by atoms with E-state index in [2.05, 4.69) is 10.3 Å². The van der Waals surface area contributed by atoms with Gasteiger partial charge >= 0.3 is 0 Å². The van der Waals surface area contributed by atoms with Crippen LogP contribution in [0.4, 0.5) is 14.5 Å². The fourth-order valence-corrected chi connectivity index (χ4v) is 1.40. The number of nitriles is 1. The molecule has 0 bridgehead atoms. The van der Waals surface area contributed by atoms with E-state index in [-0.39, 0.29) is 17.1 Å². The number of aromatic nitrogens is 1. The second kappa shape index (κ2) is 5.23. The van der Waals surface area contributed by atoms with Gasteiger partial charge in [0.25, 0.3) is 5.91 Å². The predicted molar refractivity (Wildman–Crippen MR) is 63.3 cm³/mol. The van der Waals surface area contributed by atoms with Crippen LogP contribution < -0.4 is 5.32 Å². The first-order chi connectivity index (χ1) is 9.10. The molecule has 1 amide bonds. The Bertz CT molecular complexity index is 680. The summed E-state index contributed by atoms with van der Waals surface area (Å²) in [5, 5.41) is 10.9. The van der Waals surface area contributed by atoms with Crippen LogP contribution in [0.25, 0.3) is 0 Å². The lowest BCUT2D eigenvalue weighted by molar-refractivity contribution is 0.102. The fraction of sp³-hybridized carbons (Fsp3) is 0. The number of halogens is 2. The van der Waals surface area contributed by atoms with Crippen LogP contribution in [0.1, 0.15) is 16.2 Å². The first-order valence-electron chi connectivity index (χ1n) is 5.23. The Morgan fingerprint density at radius 2 is 2.05 bits per heavy atom. The summed E-state index contributed by atoms with van der Waals surface area (Å²) in [7, 11) is 0. The van der Waals surface area contributed by atoms with Crippen molar-refractivity contribution in [3.8, 4) is 6.07 Å². The van der Waals surface area contributed by atoms with Gasteiger partial charge in [0.1, 0.15) is 29.1 Å². The predicted octanol–water partition coefficient (Wildman–Crippen LogP) is 2.48. The van der Waals surface area contributed by atoms with Gasteiger partial charge in [0, 0.05) is 6.07 Å². The van der Waals surface area contributed by atoms with Gasteiger partial charge in [-0.05, 0) is 24.3 Å². The Morgan fingerprint density at radius 1 is 1.26 bits per heavy atom. The smallest absolute Gasteiger partial charge is 0.274 e. The summed E-state index contributed by atoms with van der Waals surface area (Å²) >= 11 is 0. The van der Waals surface area contributed by atoms with Gasteiger partial charge in [0.05, 0.1) is 5.69 Å². The summed E-state index contributed by atoms with van der Waals surface area (Å²) in [6.45, 7) is 0. The molecule has 0 fully saturated rings. The summed E-state index contributed by atoms with van der Waals surface area (Å²) in [6, 6.07) is 8.90. The summed E-state index contributed by atoms with van der Waals surface area (Å²) in [4.78, 5) is 15.5. The Hall–Kier alpha value is -2.81. The monoisotopic (exact) mass is 259 g/mol. The molecule has 4 nitrogen and oxygen atoms in total. The zero-order valence-electron chi connectivity index (χ0n) is 9.52. The van der Waals surface area contributed by atoms with Crippen molar-refractivity contribution in [1.82, 2.24) is 4.98 Å². The summed E-state index contributed by atoms with van der Waals surface area (Å²) in [5.74, 6) is -2.30. The third-order valence-electron chi connectivity index (χ3n) is 2.28. The maximum Gasteiger partial charge on any atom is 0.274 e. The topological polar surface area (TPSA) is 65.8 Å². The van der Waals surface area contributed by atoms with E-state index >= 15 is 0 Å². The van der Waals surface area contributed by atoms with E-state index in [0.717, 1.165) is 12.1 Å². The molecule has 0 saturated carbocycles. The highest BCUT2D eigenvalue weighted by molar-refractivity contribution is 6.02. The summed E-state index contributed by atoms with van der Waals surface area (Å²) < 4.78 is 26.1. The third kappa shape index (κ3) is 2.90. The van der Waals surface area contributed by atoms with E-state index in [9.17, 15) is 13.6 Å². The van der Waals surface area contributed by atoms with E-state index in [1.807, 2.05) is 0 Å². The zero-order chi connectivity index (χ0) is 13.8. The average molecular weight is 259 g/mol. The molecule has 94 valence electrons. The van der Waals surface area contributed by atoms with Crippen LogP contribution in [-0.2, 0) is 0 Å². The number of carbonyl (C=O) groups excluding carboxylic acids is 1. The Balaban J connectivity index is 2.23. The molecule has 19 heavy (non-hydrogen) atoms. The number of rotatable bonds is 2. The van der Waals surface area contributed by atoms with Gasteiger partial charge in [-0.1, -0.05) is 6.07 Å². The largest absolute Gasteiger partial charge is 0.318 e. The maximum atomic E-state index is 13.3. The first-order valence-corrected chi connectivity index (χ1v) is 5.23. The lowest BCUT2D eigenvalue weighted by Crippen LogP contribution is -2.15. The zero-order valence-corrected chi connectivity index (χ0v) is 9.52. The van der Waals surface area contributed by atoms with Gasteiger partial charge in [-0.3, -0.25) is 4.79 Å². The quantitative estimate of drug-likeness (QED) is 0.901. The van der Waals surface area contributed by atoms with Crippen LogP contribution in [0, 0.1) is 23.0 Å². The molecule has 2 rings (SSSR count). The van der Waals surface area contributed by atoms with Crippen LogP contribution in [0.15, 0.2) is 36.4 Å². The molecule has 0 spiro atoms. The number of nitrogens with zero attached hydrogens (tertiary/aromatic N) is 2. The Morgan fingerprint density at radius 3 is 2.74 bits per heavy atom. The Labute approximate surface area is 107 Å². The molecule has 0 saturated heterocycles. The number of pyridine rings is 1. The van der Waals surface area contributed by atoms with Gasteiger partial charge in [-0.15, -0.1) is 0 Å². The van der Waals surface area contributed by atoms with Crippen LogP contribution in [0.2, 0.25) is 0 Å². The van der Waals surface area contributed by atoms with Crippen molar-refractivity contribution in [2.24, 2.45) is 0 Å². The molecule has 0 radical (unpaired) electrons. The highest BCUT2D eigenvalue weighted by Gasteiger charge is 2.11. The molecule has 0 aliphatic heterocycles. The summed E-state index contributed by atoms with van der Waals surface area (Å²) in [5.41, 5.74) is -0.106. The van der Waals surface area contributed by atoms with Crippen molar-refractivity contribution >= 4 is 11.6 Å². The van der Waals surface area contributed by atoms with Crippen molar-refractivity contribution in [2.75, 3.05) is 5.32 Å². The molecule has 0 aliphatic carbocycles. The molecule has 2 aromatic rings. The minimum atomic E-state index is -0.884. The van der Waals surface area contributed by atoms with Crippen molar-refractivity contribution < 1.29 is 13.6 Å². The minimum absolute atomic E-state index is 0.0252. The second-order valence-corrected chi connectivity index (χ2v) is 3.60. The SMILES string of the molecule is N#Cc1cccc(C(=O)Nc2ccc(F)cc2F)n1. The minimum Gasteiger partial charge on any atom is -0.318 e. The van der Waals surface area contributed by atoms with Gasteiger partial charge in [0.15, 0.2) is 0 Å². The average Bonchev–Trinajstić information content (AvgIpc) is 2.42. The first kappa shape index (κ1) is 12.6. The molecule has 1 aromatic carbocycles. The van der Waals surface area contributed by atoms with Crippen molar-refractivity contribution in [3.05, 3.63) is 59.4 Å². The van der Waals surface area contributed by atoms with Crippen LogP contribution in [0.5, 0.6) is 0 Å².